The quantitative estimate of drug-likeness (QED) is 0.485. The van der Waals surface area contributed by atoms with Crippen molar-refractivity contribution < 1.29 is 14.3 Å². The minimum absolute atomic E-state index is 0.305. The zero-order chi connectivity index (χ0) is 11.0. The van der Waals surface area contributed by atoms with E-state index in [2.05, 4.69) is 0 Å². The van der Waals surface area contributed by atoms with Crippen molar-refractivity contribution in [1.82, 2.24) is 0 Å². The fraction of sp³-hybridized carbons (Fsp3) is 0.800. The molecule has 0 bridgehead atoms. The second kappa shape index (κ2) is 6.25. The van der Waals surface area contributed by atoms with Gasteiger partial charge < -0.3 is 9.47 Å². The van der Waals surface area contributed by atoms with E-state index in [0.29, 0.717) is 19.4 Å². The van der Waals surface area contributed by atoms with Crippen molar-refractivity contribution in [3.63, 3.8) is 0 Å². The highest BCUT2D eigenvalue weighted by Crippen LogP contribution is 2.24. The third kappa shape index (κ3) is 2.91. The van der Waals surface area contributed by atoms with Crippen LogP contribution in [0.15, 0.2) is 0 Å². The van der Waals surface area contributed by atoms with Gasteiger partial charge >= 0.3 is 5.97 Å². The summed E-state index contributed by atoms with van der Waals surface area (Å²) in [5.74, 6) is -0.439. The van der Waals surface area contributed by atoms with Crippen LogP contribution >= 0.6 is 0 Å². The predicted molar refractivity (Wildman–Crippen MR) is 51.3 cm³/mol. The van der Waals surface area contributed by atoms with Gasteiger partial charge in [0.2, 0.25) is 5.60 Å². The van der Waals surface area contributed by atoms with Crippen LogP contribution in [-0.2, 0) is 14.3 Å². The van der Waals surface area contributed by atoms with E-state index >= 15 is 0 Å². The van der Waals surface area contributed by atoms with Crippen LogP contribution in [0, 0.1) is 11.5 Å². The summed E-state index contributed by atoms with van der Waals surface area (Å²) in [7, 11) is 0. The Morgan fingerprint density at radius 2 is 2.07 bits per heavy atom. The first-order chi connectivity index (χ1) is 6.66. The maximum Gasteiger partial charge on any atom is 0.351 e. The number of rotatable bonds is 6. The molecule has 0 amide bonds. The lowest BCUT2D eigenvalue weighted by molar-refractivity contribution is -0.166. The molecule has 80 valence electrons. The Bertz CT molecular complexity index is 222. The Hall–Kier alpha value is -1.24. The van der Waals surface area contributed by atoms with Crippen molar-refractivity contribution in [3.05, 3.63) is 0 Å². The Morgan fingerprint density at radius 1 is 1.43 bits per heavy atom. The first-order valence-electron chi connectivity index (χ1n) is 4.91. The third-order valence-electron chi connectivity index (χ3n) is 2.11. The van der Waals surface area contributed by atoms with Crippen molar-refractivity contribution >= 4 is 5.97 Å². The summed E-state index contributed by atoms with van der Waals surface area (Å²) in [6.45, 7) is 5.78. The monoisotopic (exact) mass is 199 g/mol. The number of carbonyl (C=O) groups excluding carboxylic acids is 1. The summed E-state index contributed by atoms with van der Waals surface area (Å²) >= 11 is 0. The van der Waals surface area contributed by atoms with E-state index < -0.39 is 11.6 Å². The van der Waals surface area contributed by atoms with Crippen LogP contribution in [0.4, 0.5) is 0 Å². The van der Waals surface area contributed by atoms with Gasteiger partial charge in [-0.15, -0.1) is 0 Å². The summed E-state index contributed by atoms with van der Waals surface area (Å²) in [5, 5.41) is 8.50. The molecule has 0 saturated carbocycles. The molecule has 0 aliphatic carbocycles. The standard InChI is InChI=1S/C10H17NO3/c1-4-7-10(5-2,14-8-11)9(12)13-6-3/h4-7H2,1-3H3/t10-/m0/s1. The van der Waals surface area contributed by atoms with E-state index in [1.54, 1.807) is 13.2 Å². The molecule has 0 N–H and O–H groups in total. The molecule has 0 aromatic heterocycles. The molecule has 0 spiro atoms. The molecular weight excluding hydrogens is 182 g/mol. The van der Waals surface area contributed by atoms with Crippen LogP contribution in [0.3, 0.4) is 0 Å². The normalized spacial score (nSPS) is 13.9. The molecule has 0 aromatic rings. The Labute approximate surface area is 84.8 Å². The third-order valence-corrected chi connectivity index (χ3v) is 2.11. The SMILES string of the molecule is CCC[C@](CC)(OC#N)C(=O)OCC. The number of nitriles is 1. The van der Waals surface area contributed by atoms with Gasteiger partial charge in [0, 0.05) is 0 Å². The average molecular weight is 199 g/mol. The first-order valence-corrected chi connectivity index (χ1v) is 4.91. The zero-order valence-corrected chi connectivity index (χ0v) is 9.00. The van der Waals surface area contributed by atoms with Gasteiger partial charge in [-0.05, 0) is 19.8 Å². The molecule has 0 radical (unpaired) electrons. The lowest BCUT2D eigenvalue weighted by Gasteiger charge is -2.26. The lowest BCUT2D eigenvalue weighted by Crippen LogP contribution is -2.41. The van der Waals surface area contributed by atoms with Gasteiger partial charge in [-0.1, -0.05) is 20.3 Å². The van der Waals surface area contributed by atoms with Gasteiger partial charge in [0.25, 0.3) is 6.26 Å². The number of hydrogen-bond donors (Lipinski definition) is 0. The van der Waals surface area contributed by atoms with E-state index in [9.17, 15) is 4.79 Å². The number of hydrogen-bond acceptors (Lipinski definition) is 4. The number of ether oxygens (including phenoxy) is 2. The Morgan fingerprint density at radius 3 is 2.43 bits per heavy atom. The second-order valence-electron chi connectivity index (χ2n) is 3.01. The highest BCUT2D eigenvalue weighted by Gasteiger charge is 2.40. The summed E-state index contributed by atoms with van der Waals surface area (Å²) in [4.78, 5) is 11.6. The minimum atomic E-state index is -1.07. The van der Waals surface area contributed by atoms with E-state index in [1.807, 2.05) is 13.8 Å². The molecule has 14 heavy (non-hydrogen) atoms. The molecule has 1 atom stereocenters. The number of esters is 1. The minimum Gasteiger partial charge on any atom is -0.463 e. The molecule has 0 unspecified atom stereocenters. The number of carbonyl (C=O) groups is 1. The molecule has 0 rings (SSSR count). The van der Waals surface area contributed by atoms with E-state index in [0.717, 1.165) is 6.42 Å². The first kappa shape index (κ1) is 12.8. The second-order valence-corrected chi connectivity index (χ2v) is 3.01. The topological polar surface area (TPSA) is 59.3 Å². The maximum absolute atomic E-state index is 11.6. The van der Waals surface area contributed by atoms with E-state index in [1.165, 1.54) is 0 Å². The lowest BCUT2D eigenvalue weighted by atomic mass is 9.95. The van der Waals surface area contributed by atoms with Crippen LogP contribution in [0.1, 0.15) is 40.0 Å². The molecule has 0 saturated heterocycles. The van der Waals surface area contributed by atoms with Crippen molar-refractivity contribution in [2.24, 2.45) is 0 Å². The van der Waals surface area contributed by atoms with E-state index in [4.69, 9.17) is 14.7 Å². The van der Waals surface area contributed by atoms with Gasteiger partial charge in [0.1, 0.15) is 0 Å². The van der Waals surface area contributed by atoms with Crippen LogP contribution < -0.4 is 0 Å². The molecule has 4 heteroatoms. The average Bonchev–Trinajstić information content (AvgIpc) is 2.17. The smallest absolute Gasteiger partial charge is 0.351 e. The molecular formula is C10H17NO3. The van der Waals surface area contributed by atoms with Crippen LogP contribution in [-0.4, -0.2) is 18.2 Å². The maximum atomic E-state index is 11.6. The van der Waals surface area contributed by atoms with Gasteiger partial charge in [0.05, 0.1) is 6.61 Å². The van der Waals surface area contributed by atoms with E-state index in [-0.39, 0.29) is 0 Å². The summed E-state index contributed by atoms with van der Waals surface area (Å²) in [5.41, 5.74) is -1.07. The highest BCUT2D eigenvalue weighted by molar-refractivity contribution is 5.79. The number of nitrogens with zero attached hydrogens (tertiary/aromatic N) is 1. The Balaban J connectivity index is 4.64. The highest BCUT2D eigenvalue weighted by atomic mass is 16.6. The van der Waals surface area contributed by atoms with Gasteiger partial charge in [-0.2, -0.15) is 5.26 Å². The fourth-order valence-corrected chi connectivity index (χ4v) is 1.34. The molecule has 0 fully saturated rings. The molecule has 4 nitrogen and oxygen atoms in total. The zero-order valence-electron chi connectivity index (χ0n) is 9.00. The molecule has 0 aromatic carbocycles. The molecule has 0 heterocycles. The van der Waals surface area contributed by atoms with Gasteiger partial charge in [-0.3, -0.25) is 0 Å². The van der Waals surface area contributed by atoms with Crippen molar-refractivity contribution in [3.8, 4) is 6.26 Å². The Kier molecular flexibility index (Phi) is 5.70. The summed E-state index contributed by atoms with van der Waals surface area (Å²) in [6, 6.07) is 0. The van der Waals surface area contributed by atoms with Crippen LogP contribution in [0.5, 0.6) is 0 Å². The van der Waals surface area contributed by atoms with Crippen LogP contribution in [0.2, 0.25) is 0 Å². The van der Waals surface area contributed by atoms with Crippen molar-refractivity contribution in [2.75, 3.05) is 6.61 Å². The molecule has 0 aliphatic heterocycles. The summed E-state index contributed by atoms with van der Waals surface area (Å²) < 4.78 is 9.75. The fourth-order valence-electron chi connectivity index (χ4n) is 1.34. The van der Waals surface area contributed by atoms with Crippen molar-refractivity contribution in [2.45, 2.75) is 45.6 Å². The van der Waals surface area contributed by atoms with Gasteiger partial charge in [-0.25, -0.2) is 4.79 Å². The van der Waals surface area contributed by atoms with Crippen molar-refractivity contribution in [1.29, 1.82) is 5.26 Å². The molecule has 0 aliphatic rings. The predicted octanol–water partition coefficient (Wildman–Crippen LogP) is 2.00. The van der Waals surface area contributed by atoms with Crippen LogP contribution in [0.25, 0.3) is 0 Å². The largest absolute Gasteiger partial charge is 0.463 e. The van der Waals surface area contributed by atoms with Gasteiger partial charge in [0.15, 0.2) is 0 Å². The summed E-state index contributed by atoms with van der Waals surface area (Å²) in [6.07, 6.45) is 3.32.